The molecule has 0 atom stereocenters. The Hall–Kier alpha value is -0.430. The van der Waals surface area contributed by atoms with Gasteiger partial charge in [-0.15, -0.1) is 0 Å². The van der Waals surface area contributed by atoms with E-state index in [-0.39, 0.29) is 6.04 Å². The van der Waals surface area contributed by atoms with Crippen molar-refractivity contribution in [3.63, 3.8) is 0 Å². The van der Waals surface area contributed by atoms with Gasteiger partial charge in [0.25, 0.3) is 0 Å². The van der Waals surface area contributed by atoms with Crippen molar-refractivity contribution >= 4 is 45.0 Å². The average molecular weight is 339 g/mol. The number of aromatic nitrogens is 2. The second kappa shape index (κ2) is 3.86. The first kappa shape index (κ1) is 11.1. The zero-order chi connectivity index (χ0) is 11.2. The highest BCUT2D eigenvalue weighted by atomic mass is 127. The molecule has 0 fully saturated rings. The van der Waals surface area contributed by atoms with Crippen LogP contribution in [0.4, 0.5) is 0 Å². The Morgan fingerprint density at radius 2 is 2.27 bits per heavy atom. The van der Waals surface area contributed by atoms with Gasteiger partial charge in [-0.05, 0) is 36.4 Å². The van der Waals surface area contributed by atoms with Crippen molar-refractivity contribution in [2.24, 2.45) is 5.73 Å². The molecule has 0 spiro atoms. The minimum absolute atomic E-state index is 0.280. The van der Waals surface area contributed by atoms with Gasteiger partial charge >= 0.3 is 0 Å². The molecule has 2 heterocycles. The summed E-state index contributed by atoms with van der Waals surface area (Å²) in [5, 5.41) is 10.1. The van der Waals surface area contributed by atoms with Gasteiger partial charge in [-0.2, -0.15) is 5.10 Å². The van der Waals surface area contributed by atoms with Gasteiger partial charge in [0, 0.05) is 6.04 Å². The van der Waals surface area contributed by atoms with Gasteiger partial charge in [-0.1, -0.05) is 11.6 Å². The normalized spacial score (nSPS) is 15.5. The molecule has 1 aromatic rings. The zero-order valence-electron chi connectivity index (χ0n) is 8.51. The van der Waals surface area contributed by atoms with Crippen LogP contribution in [0.15, 0.2) is 0 Å². The topological polar surface area (TPSA) is 55.9 Å². The van der Waals surface area contributed by atoms with Crippen LogP contribution in [0.25, 0.3) is 10.9 Å². The molecule has 0 aromatic carbocycles. The van der Waals surface area contributed by atoms with Gasteiger partial charge < -0.3 is 11.1 Å². The minimum atomic E-state index is 0.280. The average Bonchev–Trinajstić information content (AvgIpc) is 2.51. The standard InChI is InChI=1S/C9H12ClIN4/c1-4(2)15-7-5(10)3-13-9(12)6(7)8(11)14-15/h4,13H,3,12H2,1-2H3. The lowest BCUT2D eigenvalue weighted by Crippen LogP contribution is -2.45. The van der Waals surface area contributed by atoms with Gasteiger partial charge in [0.05, 0.1) is 22.1 Å². The molecule has 1 aliphatic rings. The SMILES string of the molecule is CC(C)n1nc(I)c2c1=C(Cl)CNC=2N. The van der Waals surface area contributed by atoms with E-state index in [0.717, 1.165) is 19.3 Å². The summed E-state index contributed by atoms with van der Waals surface area (Å²) in [6, 6.07) is 0.280. The smallest absolute Gasteiger partial charge is 0.134 e. The molecule has 0 radical (unpaired) electrons. The Labute approximate surface area is 106 Å². The van der Waals surface area contributed by atoms with Crippen LogP contribution in [0.1, 0.15) is 19.9 Å². The Morgan fingerprint density at radius 1 is 1.60 bits per heavy atom. The molecular weight excluding hydrogens is 326 g/mol. The summed E-state index contributed by atoms with van der Waals surface area (Å²) in [6.45, 7) is 4.73. The fourth-order valence-corrected chi connectivity index (χ4v) is 2.65. The lowest BCUT2D eigenvalue weighted by Gasteiger charge is -2.12. The number of nitrogens with zero attached hydrogens (tertiary/aromatic N) is 2. The van der Waals surface area contributed by atoms with E-state index in [0.29, 0.717) is 12.4 Å². The molecule has 2 rings (SSSR count). The highest BCUT2D eigenvalue weighted by molar-refractivity contribution is 14.1. The van der Waals surface area contributed by atoms with Crippen LogP contribution in [-0.2, 0) is 0 Å². The van der Waals surface area contributed by atoms with E-state index in [1.807, 2.05) is 4.68 Å². The predicted octanol–water partition coefficient (Wildman–Crippen LogP) is 0.0432. The molecule has 1 aliphatic heterocycles. The largest absolute Gasteiger partial charge is 0.385 e. The van der Waals surface area contributed by atoms with E-state index in [4.69, 9.17) is 17.3 Å². The van der Waals surface area contributed by atoms with Crippen molar-refractivity contribution < 1.29 is 0 Å². The maximum absolute atomic E-state index is 6.20. The first-order valence-corrected chi connectivity index (χ1v) is 6.14. The third kappa shape index (κ3) is 1.71. The number of hydrogen-bond donors (Lipinski definition) is 2. The van der Waals surface area contributed by atoms with Crippen molar-refractivity contribution in [2.45, 2.75) is 19.9 Å². The van der Waals surface area contributed by atoms with E-state index in [9.17, 15) is 0 Å². The number of halogens is 2. The Kier molecular flexibility index (Phi) is 2.85. The first-order valence-electron chi connectivity index (χ1n) is 4.68. The third-order valence-corrected chi connectivity index (χ3v) is 3.38. The van der Waals surface area contributed by atoms with Crippen LogP contribution < -0.4 is 21.6 Å². The third-order valence-electron chi connectivity index (χ3n) is 2.32. The summed E-state index contributed by atoms with van der Waals surface area (Å²) >= 11 is 8.37. The number of nitrogens with one attached hydrogen (secondary N) is 1. The quantitative estimate of drug-likeness (QED) is 0.711. The van der Waals surface area contributed by atoms with Gasteiger partial charge in [-0.25, -0.2) is 0 Å². The highest BCUT2D eigenvalue weighted by Gasteiger charge is 2.16. The molecule has 0 saturated heterocycles. The molecule has 15 heavy (non-hydrogen) atoms. The maximum Gasteiger partial charge on any atom is 0.134 e. The summed E-state index contributed by atoms with van der Waals surface area (Å²) in [5.41, 5.74) is 5.90. The van der Waals surface area contributed by atoms with E-state index in [2.05, 4.69) is 46.9 Å². The fourth-order valence-electron chi connectivity index (χ4n) is 1.62. The number of rotatable bonds is 1. The van der Waals surface area contributed by atoms with Crippen LogP contribution in [0.3, 0.4) is 0 Å². The Morgan fingerprint density at radius 3 is 2.87 bits per heavy atom. The van der Waals surface area contributed by atoms with Crippen molar-refractivity contribution in [2.75, 3.05) is 6.54 Å². The molecule has 6 heteroatoms. The van der Waals surface area contributed by atoms with Gasteiger partial charge in [0.2, 0.25) is 0 Å². The number of fused-ring (bicyclic) bond motifs is 1. The summed E-state index contributed by atoms with van der Waals surface area (Å²) in [4.78, 5) is 0. The van der Waals surface area contributed by atoms with Gasteiger partial charge in [-0.3, -0.25) is 4.68 Å². The molecule has 0 bridgehead atoms. The van der Waals surface area contributed by atoms with Gasteiger partial charge in [0.1, 0.15) is 9.52 Å². The molecule has 82 valence electrons. The molecule has 0 aliphatic carbocycles. The molecule has 1 aromatic heterocycles. The van der Waals surface area contributed by atoms with Crippen LogP contribution in [0.5, 0.6) is 0 Å². The molecule has 0 saturated carbocycles. The number of hydrogen-bond acceptors (Lipinski definition) is 3. The summed E-state index contributed by atoms with van der Waals surface area (Å²) in [5.74, 6) is 0.658. The van der Waals surface area contributed by atoms with E-state index in [1.54, 1.807) is 0 Å². The monoisotopic (exact) mass is 338 g/mol. The van der Waals surface area contributed by atoms with Crippen LogP contribution in [0, 0.1) is 3.70 Å². The second-order valence-electron chi connectivity index (χ2n) is 3.72. The summed E-state index contributed by atoms with van der Waals surface area (Å²) in [6.07, 6.45) is 0. The molecule has 3 N–H and O–H groups in total. The van der Waals surface area contributed by atoms with Crippen molar-refractivity contribution in [3.8, 4) is 0 Å². The predicted molar refractivity (Wildman–Crippen MR) is 69.4 cm³/mol. The van der Waals surface area contributed by atoms with E-state index < -0.39 is 0 Å². The molecule has 0 unspecified atom stereocenters. The number of nitrogens with two attached hydrogens (primary N) is 1. The lowest BCUT2D eigenvalue weighted by atomic mass is 10.3. The minimum Gasteiger partial charge on any atom is -0.385 e. The van der Waals surface area contributed by atoms with Crippen molar-refractivity contribution in [1.29, 1.82) is 0 Å². The molecular formula is C9H12ClIN4. The first-order chi connectivity index (χ1) is 7.02. The zero-order valence-corrected chi connectivity index (χ0v) is 11.4. The Bertz CT molecular complexity index is 517. The lowest BCUT2D eigenvalue weighted by molar-refractivity contribution is 0.514. The maximum atomic E-state index is 6.20. The molecule has 4 nitrogen and oxygen atoms in total. The summed E-state index contributed by atoms with van der Waals surface area (Å²) < 4.78 is 2.81. The van der Waals surface area contributed by atoms with E-state index in [1.165, 1.54) is 0 Å². The van der Waals surface area contributed by atoms with Gasteiger partial charge in [0.15, 0.2) is 0 Å². The van der Waals surface area contributed by atoms with Crippen LogP contribution >= 0.6 is 34.2 Å². The second-order valence-corrected chi connectivity index (χ2v) is 5.20. The van der Waals surface area contributed by atoms with E-state index >= 15 is 0 Å². The van der Waals surface area contributed by atoms with Crippen LogP contribution in [-0.4, -0.2) is 16.3 Å². The van der Waals surface area contributed by atoms with Crippen molar-refractivity contribution in [1.82, 2.24) is 15.1 Å². The Balaban J connectivity index is 2.94. The molecule has 0 amide bonds. The fraction of sp³-hybridized carbons (Fsp3) is 0.444. The highest BCUT2D eigenvalue weighted by Crippen LogP contribution is 2.06. The van der Waals surface area contributed by atoms with Crippen molar-refractivity contribution in [3.05, 3.63) is 14.3 Å². The summed E-state index contributed by atoms with van der Waals surface area (Å²) in [7, 11) is 0. The van der Waals surface area contributed by atoms with Crippen LogP contribution in [0.2, 0.25) is 0 Å².